The van der Waals surface area contributed by atoms with Crippen molar-refractivity contribution < 1.29 is 5.11 Å². The molecule has 0 spiro atoms. The maximum atomic E-state index is 9.54. The van der Waals surface area contributed by atoms with Gasteiger partial charge in [-0.3, -0.25) is 0 Å². The van der Waals surface area contributed by atoms with Gasteiger partial charge in [0.25, 0.3) is 0 Å². The van der Waals surface area contributed by atoms with E-state index in [0.717, 1.165) is 23.6 Å². The van der Waals surface area contributed by atoms with Crippen LogP contribution in [0.5, 0.6) is 0 Å². The maximum absolute atomic E-state index is 9.54. The topological polar surface area (TPSA) is 33.1 Å². The van der Waals surface area contributed by atoms with Gasteiger partial charge in [-0.25, -0.2) is 4.98 Å². The molecule has 1 aromatic heterocycles. The van der Waals surface area contributed by atoms with Crippen molar-refractivity contribution >= 4 is 23.1 Å². The summed E-state index contributed by atoms with van der Waals surface area (Å²) in [6.07, 6.45) is 0.828. The summed E-state index contributed by atoms with van der Waals surface area (Å²) in [5.74, 6) is 2.41. The van der Waals surface area contributed by atoms with E-state index >= 15 is 0 Å². The van der Waals surface area contributed by atoms with E-state index in [1.165, 1.54) is 0 Å². The minimum Gasteiger partial charge on any atom is -0.392 e. The number of aromatic nitrogens is 1. The molecule has 0 radical (unpaired) electrons. The highest BCUT2D eigenvalue weighted by atomic mass is 32.2. The van der Waals surface area contributed by atoms with Crippen molar-refractivity contribution in [3.63, 3.8) is 0 Å². The number of hydrogen-bond donors (Lipinski definition) is 1. The van der Waals surface area contributed by atoms with E-state index in [1.54, 1.807) is 11.3 Å². The van der Waals surface area contributed by atoms with E-state index in [0.29, 0.717) is 5.92 Å². The third-order valence-electron chi connectivity index (χ3n) is 2.12. The highest BCUT2D eigenvalue weighted by Gasteiger charge is 2.26. The minimum atomic E-state index is -0.114. The zero-order chi connectivity index (χ0) is 8.39. The number of rotatable bonds is 2. The number of thioether (sulfide) groups is 1. The quantitative estimate of drug-likeness (QED) is 0.785. The van der Waals surface area contributed by atoms with Gasteiger partial charge < -0.3 is 5.11 Å². The fourth-order valence-corrected chi connectivity index (χ4v) is 3.25. The van der Waals surface area contributed by atoms with Gasteiger partial charge in [-0.2, -0.15) is 11.8 Å². The zero-order valence-electron chi connectivity index (χ0n) is 6.64. The number of hydrogen-bond acceptors (Lipinski definition) is 4. The standard InChI is InChI=1S/C8H11NOS2/c10-8-4-11-2-6(8)1-7-3-12-5-9-7/h3,5-6,8,10H,1-2,4H2. The van der Waals surface area contributed by atoms with E-state index in [4.69, 9.17) is 0 Å². The van der Waals surface area contributed by atoms with Crippen molar-refractivity contribution in [1.82, 2.24) is 4.98 Å². The third kappa shape index (κ3) is 1.81. The molecule has 0 saturated carbocycles. The first-order valence-electron chi connectivity index (χ1n) is 3.99. The molecule has 0 aromatic carbocycles. The van der Waals surface area contributed by atoms with Gasteiger partial charge in [-0.1, -0.05) is 0 Å². The van der Waals surface area contributed by atoms with Gasteiger partial charge in [0.2, 0.25) is 0 Å². The summed E-state index contributed by atoms with van der Waals surface area (Å²) >= 11 is 3.46. The van der Waals surface area contributed by atoms with Crippen molar-refractivity contribution in [2.45, 2.75) is 12.5 Å². The first-order chi connectivity index (χ1) is 5.86. The normalized spacial score (nSPS) is 29.4. The lowest BCUT2D eigenvalue weighted by molar-refractivity contribution is 0.149. The third-order valence-corrected chi connectivity index (χ3v) is 4.00. The highest BCUT2D eigenvalue weighted by molar-refractivity contribution is 7.99. The summed E-state index contributed by atoms with van der Waals surface area (Å²) in [7, 11) is 0. The summed E-state index contributed by atoms with van der Waals surface area (Å²) in [5.41, 5.74) is 2.98. The van der Waals surface area contributed by atoms with Crippen LogP contribution in [-0.4, -0.2) is 27.7 Å². The Bertz CT molecular complexity index is 237. The summed E-state index contributed by atoms with van der Waals surface area (Å²) in [6.45, 7) is 0. The molecule has 0 bridgehead atoms. The lowest BCUT2D eigenvalue weighted by Crippen LogP contribution is -2.19. The van der Waals surface area contributed by atoms with Crippen molar-refractivity contribution in [3.8, 4) is 0 Å². The number of thiazole rings is 1. The predicted molar refractivity (Wildman–Crippen MR) is 52.6 cm³/mol. The first-order valence-corrected chi connectivity index (χ1v) is 6.09. The zero-order valence-corrected chi connectivity index (χ0v) is 8.27. The molecule has 1 aromatic rings. The molecule has 66 valence electrons. The van der Waals surface area contributed by atoms with Crippen molar-refractivity contribution in [3.05, 3.63) is 16.6 Å². The van der Waals surface area contributed by atoms with Gasteiger partial charge in [0.05, 0.1) is 17.3 Å². The molecule has 2 atom stereocenters. The predicted octanol–water partition coefficient (Wildman–Crippen LogP) is 1.41. The molecule has 1 aliphatic rings. The second-order valence-corrected chi connectivity index (χ2v) is 4.84. The molecule has 0 aliphatic carbocycles. The van der Waals surface area contributed by atoms with Gasteiger partial charge in [-0.05, 0) is 12.2 Å². The van der Waals surface area contributed by atoms with Crippen LogP contribution in [0.4, 0.5) is 0 Å². The Morgan fingerprint density at radius 1 is 1.58 bits per heavy atom. The van der Waals surface area contributed by atoms with Gasteiger partial charge in [0, 0.05) is 17.1 Å². The average Bonchev–Trinajstić information content (AvgIpc) is 2.65. The molecule has 2 nitrogen and oxygen atoms in total. The molecule has 1 fully saturated rings. The molecule has 12 heavy (non-hydrogen) atoms. The molecule has 1 N–H and O–H groups in total. The molecule has 1 saturated heterocycles. The van der Waals surface area contributed by atoms with E-state index in [2.05, 4.69) is 10.4 Å². The molecule has 0 amide bonds. The lowest BCUT2D eigenvalue weighted by Gasteiger charge is -2.10. The average molecular weight is 201 g/mol. The molecular formula is C8H11NOS2. The summed E-state index contributed by atoms with van der Waals surface area (Å²) in [4.78, 5) is 4.21. The second-order valence-electron chi connectivity index (χ2n) is 3.05. The Hall–Kier alpha value is -0.0600. The second kappa shape index (κ2) is 3.77. The lowest BCUT2D eigenvalue weighted by atomic mass is 10.0. The highest BCUT2D eigenvalue weighted by Crippen LogP contribution is 2.26. The number of aliphatic hydroxyl groups excluding tert-OH is 1. The molecule has 1 aliphatic heterocycles. The summed E-state index contributed by atoms with van der Waals surface area (Å²) in [5, 5.41) is 11.6. The molecule has 2 unspecified atom stereocenters. The fourth-order valence-electron chi connectivity index (χ4n) is 1.39. The molecular weight excluding hydrogens is 190 g/mol. The number of aliphatic hydroxyl groups is 1. The summed E-state index contributed by atoms with van der Waals surface area (Å²) < 4.78 is 0. The molecule has 2 rings (SSSR count). The van der Waals surface area contributed by atoms with E-state index in [-0.39, 0.29) is 6.10 Å². The van der Waals surface area contributed by atoms with Gasteiger partial charge >= 0.3 is 0 Å². The van der Waals surface area contributed by atoms with Crippen LogP contribution in [0.3, 0.4) is 0 Å². The van der Waals surface area contributed by atoms with Crippen LogP contribution in [0.1, 0.15) is 5.69 Å². The largest absolute Gasteiger partial charge is 0.392 e. The van der Waals surface area contributed by atoms with E-state index in [1.807, 2.05) is 17.3 Å². The van der Waals surface area contributed by atoms with Crippen LogP contribution in [0.2, 0.25) is 0 Å². The fraction of sp³-hybridized carbons (Fsp3) is 0.625. The molecule has 4 heteroatoms. The van der Waals surface area contributed by atoms with Gasteiger partial charge in [0.1, 0.15) is 0 Å². The minimum absolute atomic E-state index is 0.114. The van der Waals surface area contributed by atoms with Crippen LogP contribution in [-0.2, 0) is 6.42 Å². The van der Waals surface area contributed by atoms with Crippen LogP contribution >= 0.6 is 23.1 Å². The molecule has 2 heterocycles. The first kappa shape index (κ1) is 8.53. The van der Waals surface area contributed by atoms with Crippen LogP contribution in [0.15, 0.2) is 10.9 Å². The Morgan fingerprint density at radius 2 is 2.50 bits per heavy atom. The smallest absolute Gasteiger partial charge is 0.0794 e. The Morgan fingerprint density at radius 3 is 3.08 bits per heavy atom. The Kier molecular flexibility index (Phi) is 2.68. The SMILES string of the molecule is OC1CSCC1Cc1cscn1. The summed E-state index contributed by atoms with van der Waals surface area (Å²) in [6, 6.07) is 0. The van der Waals surface area contributed by atoms with Crippen LogP contribution in [0.25, 0.3) is 0 Å². The monoisotopic (exact) mass is 201 g/mol. The Labute approximate surface area is 80.0 Å². The van der Waals surface area contributed by atoms with Crippen molar-refractivity contribution in [2.24, 2.45) is 5.92 Å². The van der Waals surface area contributed by atoms with E-state index < -0.39 is 0 Å². The van der Waals surface area contributed by atoms with E-state index in [9.17, 15) is 5.11 Å². The maximum Gasteiger partial charge on any atom is 0.0794 e. The number of nitrogens with zero attached hydrogens (tertiary/aromatic N) is 1. The van der Waals surface area contributed by atoms with Crippen molar-refractivity contribution in [2.75, 3.05) is 11.5 Å². The van der Waals surface area contributed by atoms with Crippen LogP contribution in [0, 0.1) is 5.92 Å². The van der Waals surface area contributed by atoms with Crippen molar-refractivity contribution in [1.29, 1.82) is 0 Å². The van der Waals surface area contributed by atoms with Gasteiger partial charge in [0.15, 0.2) is 0 Å². The van der Waals surface area contributed by atoms with Gasteiger partial charge in [-0.15, -0.1) is 11.3 Å². The Balaban J connectivity index is 1.95. The van der Waals surface area contributed by atoms with Crippen LogP contribution < -0.4 is 0 Å².